The number of anilines is 1. The van der Waals surface area contributed by atoms with Crippen LogP contribution in [0.15, 0.2) is 77.4 Å². The van der Waals surface area contributed by atoms with Crippen molar-refractivity contribution in [3.8, 4) is 11.5 Å². The summed E-state index contributed by atoms with van der Waals surface area (Å²) < 4.78 is 24.8. The first-order valence-electron chi connectivity index (χ1n) is 10.5. The molecule has 0 saturated carbocycles. The van der Waals surface area contributed by atoms with Gasteiger partial charge >= 0.3 is 0 Å². The average molecular weight is 465 g/mol. The Bertz CT molecular complexity index is 1240. The molecule has 0 fully saturated rings. The van der Waals surface area contributed by atoms with Gasteiger partial charge in [0.15, 0.2) is 11.5 Å². The van der Waals surface area contributed by atoms with Crippen molar-refractivity contribution in [1.82, 2.24) is 0 Å². The number of nitrogens with zero attached hydrogens (tertiary/aromatic N) is 2. The number of ether oxygens (including phenoxy) is 2. The van der Waals surface area contributed by atoms with E-state index in [0.717, 1.165) is 11.1 Å². The van der Waals surface area contributed by atoms with Crippen molar-refractivity contribution in [3.05, 3.63) is 94.3 Å². The lowest BCUT2D eigenvalue weighted by Crippen LogP contribution is -2.21. The Kier molecular flexibility index (Phi) is 6.75. The first kappa shape index (κ1) is 22.6. The maximum Gasteiger partial charge on any atom is 0.280 e. The molecule has 0 N–H and O–H groups in total. The number of rotatable bonds is 7. The van der Waals surface area contributed by atoms with Crippen molar-refractivity contribution in [3.63, 3.8) is 0 Å². The number of hydrogen-bond donors (Lipinski definition) is 0. The van der Waals surface area contributed by atoms with Crippen LogP contribution in [-0.2, 0) is 11.4 Å². The molecule has 7 heteroatoms. The van der Waals surface area contributed by atoms with E-state index in [1.807, 2.05) is 19.1 Å². The van der Waals surface area contributed by atoms with Gasteiger partial charge in [-0.05, 0) is 73.5 Å². The number of halogens is 2. The van der Waals surface area contributed by atoms with E-state index in [1.165, 1.54) is 17.1 Å². The van der Waals surface area contributed by atoms with Gasteiger partial charge in [0.25, 0.3) is 5.91 Å². The van der Waals surface area contributed by atoms with Gasteiger partial charge in [0.05, 0.1) is 23.6 Å². The summed E-state index contributed by atoms with van der Waals surface area (Å²) >= 11 is 6.06. The maximum atomic E-state index is 13.1. The molecule has 0 aliphatic carbocycles. The molecule has 3 aromatic carbocycles. The summed E-state index contributed by atoms with van der Waals surface area (Å²) in [6.07, 6.45) is 1.78. The summed E-state index contributed by atoms with van der Waals surface area (Å²) in [5.74, 6) is 0.595. The molecule has 168 valence electrons. The van der Waals surface area contributed by atoms with Gasteiger partial charge in [-0.2, -0.15) is 10.1 Å². The molecule has 0 bridgehead atoms. The molecule has 0 saturated heterocycles. The maximum absolute atomic E-state index is 13.1. The Balaban J connectivity index is 1.56. The van der Waals surface area contributed by atoms with Crippen LogP contribution in [0.5, 0.6) is 11.5 Å². The zero-order valence-corrected chi connectivity index (χ0v) is 19.0. The first-order valence-corrected chi connectivity index (χ1v) is 10.8. The van der Waals surface area contributed by atoms with Gasteiger partial charge in [-0.3, -0.25) is 4.79 Å². The summed E-state index contributed by atoms with van der Waals surface area (Å²) in [4.78, 5) is 13.0. The number of carbonyl (C=O) groups excluding carboxylic acids is 1. The molecule has 0 aromatic heterocycles. The van der Waals surface area contributed by atoms with Crippen LogP contribution in [0.1, 0.15) is 25.0 Å². The third kappa shape index (κ3) is 5.23. The quantitative estimate of drug-likeness (QED) is 0.387. The van der Waals surface area contributed by atoms with Gasteiger partial charge < -0.3 is 9.47 Å². The van der Waals surface area contributed by atoms with Gasteiger partial charge in [-0.25, -0.2) is 4.39 Å². The predicted octanol–water partition coefficient (Wildman–Crippen LogP) is 6.26. The van der Waals surface area contributed by atoms with Crippen LogP contribution >= 0.6 is 11.6 Å². The van der Waals surface area contributed by atoms with E-state index >= 15 is 0 Å². The molecule has 1 amide bonds. The van der Waals surface area contributed by atoms with E-state index in [0.29, 0.717) is 40.1 Å². The average Bonchev–Trinajstić information content (AvgIpc) is 3.08. The molecule has 0 radical (unpaired) electrons. The van der Waals surface area contributed by atoms with Gasteiger partial charge in [-0.1, -0.05) is 35.9 Å². The van der Waals surface area contributed by atoms with E-state index in [4.69, 9.17) is 21.1 Å². The third-order valence-electron chi connectivity index (χ3n) is 5.00. The lowest BCUT2D eigenvalue weighted by atomic mass is 10.1. The third-order valence-corrected chi connectivity index (χ3v) is 5.24. The van der Waals surface area contributed by atoms with Crippen molar-refractivity contribution >= 4 is 35.0 Å². The van der Waals surface area contributed by atoms with Gasteiger partial charge in [0.1, 0.15) is 12.4 Å². The molecular formula is C26H22ClFN2O3. The second-order valence-corrected chi connectivity index (χ2v) is 7.83. The highest BCUT2D eigenvalue weighted by Crippen LogP contribution is 2.32. The van der Waals surface area contributed by atoms with E-state index < -0.39 is 0 Å². The van der Waals surface area contributed by atoms with Crippen molar-refractivity contribution in [2.45, 2.75) is 20.5 Å². The Morgan fingerprint density at radius 1 is 1.03 bits per heavy atom. The molecule has 0 spiro atoms. The zero-order valence-electron chi connectivity index (χ0n) is 18.2. The number of hydrazone groups is 1. The second-order valence-electron chi connectivity index (χ2n) is 7.39. The van der Waals surface area contributed by atoms with Gasteiger partial charge in [0.2, 0.25) is 0 Å². The number of amides is 1. The summed E-state index contributed by atoms with van der Waals surface area (Å²) in [6.45, 7) is 4.40. The molecule has 0 atom stereocenters. The minimum atomic E-state index is -0.291. The number of benzene rings is 3. The smallest absolute Gasteiger partial charge is 0.280 e. The van der Waals surface area contributed by atoms with Crippen LogP contribution < -0.4 is 14.5 Å². The SMILES string of the molecule is CCOc1cc(/C=C2/C(=O)N(c3cccc(Cl)c3)N=C2C)ccc1OCc1ccc(F)cc1. The van der Waals surface area contributed by atoms with Crippen LogP contribution in [0.4, 0.5) is 10.1 Å². The lowest BCUT2D eigenvalue weighted by molar-refractivity contribution is -0.114. The molecule has 5 nitrogen and oxygen atoms in total. The van der Waals surface area contributed by atoms with Crippen LogP contribution in [0.2, 0.25) is 5.02 Å². The van der Waals surface area contributed by atoms with Crippen LogP contribution in [0.25, 0.3) is 6.08 Å². The standard InChI is InChI=1S/C26H22ClFN2O3/c1-3-32-25-14-19(9-12-24(25)33-16-18-7-10-21(28)11-8-18)13-23-17(2)29-30(26(23)31)22-6-4-5-20(27)15-22/h4-15H,3,16H2,1-2H3/b23-13+. The van der Waals surface area contributed by atoms with Crippen LogP contribution in [-0.4, -0.2) is 18.2 Å². The summed E-state index contributed by atoms with van der Waals surface area (Å²) in [7, 11) is 0. The van der Waals surface area contributed by atoms with Gasteiger partial charge in [-0.15, -0.1) is 0 Å². The predicted molar refractivity (Wildman–Crippen MR) is 128 cm³/mol. The van der Waals surface area contributed by atoms with Crippen LogP contribution in [0, 0.1) is 5.82 Å². The minimum Gasteiger partial charge on any atom is -0.490 e. The highest BCUT2D eigenvalue weighted by molar-refractivity contribution is 6.33. The Morgan fingerprint density at radius 2 is 1.82 bits per heavy atom. The monoisotopic (exact) mass is 464 g/mol. The second kappa shape index (κ2) is 9.88. The summed E-state index contributed by atoms with van der Waals surface area (Å²) in [6, 6.07) is 18.6. The van der Waals surface area contributed by atoms with E-state index in [9.17, 15) is 9.18 Å². The molecule has 33 heavy (non-hydrogen) atoms. The van der Waals surface area contributed by atoms with Crippen molar-refractivity contribution in [2.75, 3.05) is 11.6 Å². The van der Waals surface area contributed by atoms with E-state index in [-0.39, 0.29) is 18.3 Å². The molecule has 4 rings (SSSR count). The van der Waals surface area contributed by atoms with Crippen molar-refractivity contribution < 1.29 is 18.7 Å². The first-order chi connectivity index (χ1) is 15.9. The van der Waals surface area contributed by atoms with Gasteiger partial charge in [0, 0.05) is 5.02 Å². The fourth-order valence-electron chi connectivity index (χ4n) is 3.38. The minimum absolute atomic E-state index is 0.232. The normalized spacial score (nSPS) is 14.5. The molecule has 0 unspecified atom stereocenters. The van der Waals surface area contributed by atoms with E-state index in [2.05, 4.69) is 5.10 Å². The van der Waals surface area contributed by atoms with Crippen LogP contribution in [0.3, 0.4) is 0 Å². The number of hydrogen-bond acceptors (Lipinski definition) is 4. The van der Waals surface area contributed by atoms with Crippen molar-refractivity contribution in [1.29, 1.82) is 0 Å². The highest BCUT2D eigenvalue weighted by atomic mass is 35.5. The molecule has 3 aromatic rings. The molecule has 1 aliphatic rings. The topological polar surface area (TPSA) is 51.1 Å². The fraction of sp³-hybridized carbons (Fsp3) is 0.154. The lowest BCUT2D eigenvalue weighted by Gasteiger charge is -2.13. The largest absolute Gasteiger partial charge is 0.490 e. The molecule has 1 heterocycles. The molecule has 1 aliphatic heterocycles. The zero-order chi connectivity index (χ0) is 23.4. The van der Waals surface area contributed by atoms with E-state index in [1.54, 1.807) is 55.5 Å². The number of carbonyl (C=O) groups is 1. The highest BCUT2D eigenvalue weighted by Gasteiger charge is 2.28. The van der Waals surface area contributed by atoms with Crippen molar-refractivity contribution in [2.24, 2.45) is 5.10 Å². The summed E-state index contributed by atoms with van der Waals surface area (Å²) in [5, 5.41) is 6.27. The Hall–Kier alpha value is -3.64. The Labute approximate surface area is 196 Å². The fourth-order valence-corrected chi connectivity index (χ4v) is 3.56. The molecular weight excluding hydrogens is 443 g/mol. The summed E-state index contributed by atoms with van der Waals surface area (Å²) in [5.41, 5.74) is 3.31. The Morgan fingerprint density at radius 3 is 2.55 bits per heavy atom.